The van der Waals surface area contributed by atoms with Crippen molar-refractivity contribution in [2.75, 3.05) is 5.32 Å². The van der Waals surface area contributed by atoms with E-state index in [2.05, 4.69) is 25.6 Å². The molecule has 0 spiro atoms. The molecule has 0 saturated carbocycles. The number of halogens is 2. The molecule has 0 atom stereocenters. The van der Waals surface area contributed by atoms with Gasteiger partial charge in [-0.2, -0.15) is 5.10 Å². The molecular formula is C15H15F2N7O2S. The largest absolute Gasteiger partial charge is 0.365 e. The molecule has 3 N–H and O–H groups in total. The van der Waals surface area contributed by atoms with E-state index < -0.39 is 17.3 Å². The summed E-state index contributed by atoms with van der Waals surface area (Å²) in [6.45, 7) is 3.56. The molecule has 0 unspecified atom stereocenters. The minimum Gasteiger partial charge on any atom is -0.365 e. The van der Waals surface area contributed by atoms with Crippen molar-refractivity contribution >= 4 is 33.9 Å². The number of nitrogens with one attached hydrogen (secondary N) is 1. The van der Waals surface area contributed by atoms with Crippen LogP contribution in [-0.2, 0) is 11.2 Å². The molecule has 142 valence electrons. The van der Waals surface area contributed by atoms with E-state index in [0.29, 0.717) is 29.1 Å². The smallest absolute Gasteiger partial charge is 0.291 e. The molecule has 3 rings (SSSR count). The maximum atomic E-state index is 12.5. The number of carbonyl (C=O) groups is 2. The van der Waals surface area contributed by atoms with Crippen LogP contribution < -0.4 is 11.1 Å². The first-order valence-electron chi connectivity index (χ1n) is 7.83. The molecular weight excluding hydrogens is 380 g/mol. The monoisotopic (exact) mass is 395 g/mol. The van der Waals surface area contributed by atoms with Crippen LogP contribution in [0, 0.1) is 13.8 Å². The van der Waals surface area contributed by atoms with E-state index in [-0.39, 0.29) is 23.0 Å². The molecule has 0 aromatic carbocycles. The van der Waals surface area contributed by atoms with Crippen LogP contribution in [0.4, 0.5) is 13.9 Å². The molecule has 0 aliphatic carbocycles. The summed E-state index contributed by atoms with van der Waals surface area (Å²) in [4.78, 5) is 27.9. The van der Waals surface area contributed by atoms with Crippen LogP contribution in [0.1, 0.15) is 45.2 Å². The Hall–Kier alpha value is -3.02. The number of anilines is 1. The molecule has 0 fully saturated rings. The van der Waals surface area contributed by atoms with E-state index in [0.717, 1.165) is 11.3 Å². The fourth-order valence-electron chi connectivity index (χ4n) is 2.64. The molecule has 0 saturated heterocycles. The fourth-order valence-corrected chi connectivity index (χ4v) is 3.26. The van der Waals surface area contributed by atoms with Crippen LogP contribution in [0.3, 0.4) is 0 Å². The number of rotatable bonds is 6. The number of carbonyl (C=O) groups excluding carboxylic acids is 2. The summed E-state index contributed by atoms with van der Waals surface area (Å²) in [7, 11) is 0. The third-order valence-electron chi connectivity index (χ3n) is 3.95. The Labute approximate surface area is 155 Å². The highest BCUT2D eigenvalue weighted by molar-refractivity contribution is 7.15. The third-order valence-corrected chi connectivity index (χ3v) is 4.80. The third kappa shape index (κ3) is 3.74. The Bertz CT molecular complexity index is 1030. The quantitative estimate of drug-likeness (QED) is 0.655. The lowest BCUT2D eigenvalue weighted by Gasteiger charge is -2.11. The van der Waals surface area contributed by atoms with E-state index in [4.69, 9.17) is 5.73 Å². The lowest BCUT2D eigenvalue weighted by molar-refractivity contribution is -0.116. The molecule has 0 bridgehead atoms. The summed E-state index contributed by atoms with van der Waals surface area (Å²) in [5, 5.41) is 13.0. The lowest BCUT2D eigenvalue weighted by atomic mass is 10.1. The second-order valence-electron chi connectivity index (χ2n) is 5.71. The molecule has 2 amide bonds. The van der Waals surface area contributed by atoms with Crippen molar-refractivity contribution in [2.24, 2.45) is 5.73 Å². The first-order valence-corrected chi connectivity index (χ1v) is 8.64. The zero-order chi connectivity index (χ0) is 19.7. The van der Waals surface area contributed by atoms with Crippen LogP contribution in [0.25, 0.3) is 5.65 Å². The van der Waals surface area contributed by atoms with E-state index in [1.807, 2.05) is 0 Å². The molecule has 3 heterocycles. The van der Waals surface area contributed by atoms with Gasteiger partial charge in [0.05, 0.1) is 6.20 Å². The van der Waals surface area contributed by atoms with Gasteiger partial charge in [-0.15, -0.1) is 10.2 Å². The van der Waals surface area contributed by atoms with Crippen molar-refractivity contribution in [3.63, 3.8) is 0 Å². The topological polar surface area (TPSA) is 128 Å². The average molecular weight is 395 g/mol. The summed E-state index contributed by atoms with van der Waals surface area (Å²) in [5.74, 6) is -1.01. The van der Waals surface area contributed by atoms with Gasteiger partial charge >= 0.3 is 0 Å². The summed E-state index contributed by atoms with van der Waals surface area (Å²) in [6.07, 6.45) is -0.944. The predicted octanol–water partition coefficient (Wildman–Crippen LogP) is 1.81. The number of aromatic nitrogens is 5. The van der Waals surface area contributed by atoms with Crippen molar-refractivity contribution in [3.05, 3.63) is 33.7 Å². The van der Waals surface area contributed by atoms with E-state index in [1.165, 1.54) is 10.7 Å². The highest BCUT2D eigenvalue weighted by Gasteiger charge is 2.18. The van der Waals surface area contributed by atoms with Crippen molar-refractivity contribution in [3.8, 4) is 0 Å². The Morgan fingerprint density at radius 2 is 2.07 bits per heavy atom. The van der Waals surface area contributed by atoms with Crippen LogP contribution in [0.5, 0.6) is 0 Å². The Morgan fingerprint density at radius 3 is 2.70 bits per heavy atom. The number of nitrogens with two attached hydrogens (primary N) is 1. The van der Waals surface area contributed by atoms with Gasteiger partial charge < -0.3 is 11.1 Å². The minimum absolute atomic E-state index is 0.0236. The maximum absolute atomic E-state index is 12.5. The van der Waals surface area contributed by atoms with Gasteiger partial charge in [0, 0.05) is 17.8 Å². The number of nitrogens with zero attached hydrogens (tertiary/aromatic N) is 5. The first kappa shape index (κ1) is 18.8. The Kier molecular flexibility index (Phi) is 5.08. The number of aryl methyl sites for hydroxylation is 2. The molecule has 0 aliphatic heterocycles. The molecule has 27 heavy (non-hydrogen) atoms. The van der Waals surface area contributed by atoms with Gasteiger partial charge in [-0.05, 0) is 25.8 Å². The van der Waals surface area contributed by atoms with Gasteiger partial charge in [-0.25, -0.2) is 18.3 Å². The van der Waals surface area contributed by atoms with Crippen molar-refractivity contribution in [1.29, 1.82) is 0 Å². The van der Waals surface area contributed by atoms with Crippen LogP contribution >= 0.6 is 11.3 Å². The Morgan fingerprint density at radius 1 is 1.33 bits per heavy atom. The van der Waals surface area contributed by atoms with Crippen molar-refractivity contribution in [2.45, 2.75) is 33.1 Å². The summed E-state index contributed by atoms with van der Waals surface area (Å²) in [5.41, 5.74) is 8.06. The number of fused-ring (bicyclic) bond motifs is 1. The maximum Gasteiger partial charge on any atom is 0.291 e. The summed E-state index contributed by atoms with van der Waals surface area (Å²) in [6, 6.07) is 0. The number of primary amides is 1. The second-order valence-corrected chi connectivity index (χ2v) is 6.72. The normalized spacial score (nSPS) is 11.3. The van der Waals surface area contributed by atoms with Gasteiger partial charge in [-0.1, -0.05) is 11.3 Å². The lowest BCUT2D eigenvalue weighted by Crippen LogP contribution is -2.15. The van der Waals surface area contributed by atoms with Crippen LogP contribution in [0.2, 0.25) is 0 Å². The average Bonchev–Trinajstić information content (AvgIpc) is 3.21. The van der Waals surface area contributed by atoms with Gasteiger partial charge in [0.25, 0.3) is 12.3 Å². The number of alkyl halides is 2. The van der Waals surface area contributed by atoms with Gasteiger partial charge in [-0.3, -0.25) is 9.59 Å². The number of hydrogen-bond donors (Lipinski definition) is 2. The molecule has 12 heteroatoms. The minimum atomic E-state index is -2.73. The SMILES string of the molecule is Cc1nc2c(C(N)=O)cnn2c(C)c1CCC(=O)Nc1nnc(C(F)F)s1. The molecule has 0 radical (unpaired) electrons. The second kappa shape index (κ2) is 7.31. The van der Waals surface area contributed by atoms with Gasteiger partial charge in [0.15, 0.2) is 10.7 Å². The van der Waals surface area contributed by atoms with E-state index >= 15 is 0 Å². The van der Waals surface area contributed by atoms with Crippen molar-refractivity contribution < 1.29 is 18.4 Å². The summed E-state index contributed by atoms with van der Waals surface area (Å²) >= 11 is 0.630. The fraction of sp³-hybridized carbons (Fsp3) is 0.333. The standard InChI is InChI=1S/C15H15F2N7O2S/c1-6-8(7(2)24-13(20-6)9(5-19-24)12(18)26)3-4-10(25)21-15-23-22-14(27-15)11(16)17/h5,11H,3-4H2,1-2H3,(H2,18,26)(H,21,23,25). The zero-order valence-corrected chi connectivity index (χ0v) is 15.2. The van der Waals surface area contributed by atoms with E-state index in [9.17, 15) is 18.4 Å². The van der Waals surface area contributed by atoms with Crippen LogP contribution in [0.15, 0.2) is 6.20 Å². The highest BCUT2D eigenvalue weighted by atomic mass is 32.1. The highest BCUT2D eigenvalue weighted by Crippen LogP contribution is 2.25. The van der Waals surface area contributed by atoms with E-state index in [1.54, 1.807) is 13.8 Å². The molecule has 0 aliphatic rings. The van der Waals surface area contributed by atoms with Crippen LogP contribution in [-0.4, -0.2) is 36.6 Å². The van der Waals surface area contributed by atoms with Crippen molar-refractivity contribution in [1.82, 2.24) is 24.8 Å². The zero-order valence-electron chi connectivity index (χ0n) is 14.4. The first-order chi connectivity index (χ1) is 12.8. The summed E-state index contributed by atoms with van der Waals surface area (Å²) < 4.78 is 26.5. The predicted molar refractivity (Wildman–Crippen MR) is 92.8 cm³/mol. The van der Waals surface area contributed by atoms with Gasteiger partial charge in [0.2, 0.25) is 11.0 Å². The Balaban J connectivity index is 1.74. The molecule has 3 aromatic rings. The van der Waals surface area contributed by atoms with Gasteiger partial charge in [0.1, 0.15) is 5.56 Å². The molecule has 9 nitrogen and oxygen atoms in total. The number of amides is 2. The molecule has 3 aromatic heterocycles. The number of hydrogen-bond acceptors (Lipinski definition) is 7.